The molecule has 2 N–H and O–H groups in total. The van der Waals surface area contributed by atoms with Crippen LogP contribution in [0.4, 0.5) is 0 Å². The number of rotatable bonds is 3. The number of amides is 1. The van der Waals surface area contributed by atoms with Crippen LogP contribution in [0, 0.1) is 0 Å². The van der Waals surface area contributed by atoms with E-state index in [4.69, 9.17) is 23.2 Å². The number of hydrogen-bond acceptors (Lipinski definition) is 3. The van der Waals surface area contributed by atoms with E-state index >= 15 is 0 Å². The highest BCUT2D eigenvalue weighted by atomic mass is 35.5. The van der Waals surface area contributed by atoms with Crippen molar-refractivity contribution in [3.05, 3.63) is 58.1 Å². The zero-order valence-corrected chi connectivity index (χ0v) is 12.2. The number of H-pyrrole nitrogens is 1. The number of imidazole rings is 1. The van der Waals surface area contributed by atoms with E-state index < -0.39 is 5.91 Å². The maximum atomic E-state index is 12.0. The summed E-state index contributed by atoms with van der Waals surface area (Å²) in [6.45, 7) is 0.248. The molecule has 1 amide bonds. The second kappa shape index (κ2) is 5.71. The van der Waals surface area contributed by atoms with Crippen molar-refractivity contribution in [2.75, 3.05) is 0 Å². The number of carbonyl (C=O) groups excluding carboxylic acids is 1. The minimum Gasteiger partial charge on any atom is -0.343 e. The largest absolute Gasteiger partial charge is 0.343 e. The fourth-order valence-electron chi connectivity index (χ4n) is 1.91. The lowest BCUT2D eigenvalue weighted by molar-refractivity contribution is 0.0945. The van der Waals surface area contributed by atoms with Crippen LogP contribution in [-0.2, 0) is 6.54 Å². The quantitative estimate of drug-likeness (QED) is 0.728. The van der Waals surface area contributed by atoms with Gasteiger partial charge in [0, 0.05) is 0 Å². The van der Waals surface area contributed by atoms with E-state index in [1.54, 1.807) is 0 Å². The van der Waals surface area contributed by atoms with Gasteiger partial charge >= 0.3 is 0 Å². The molecule has 0 bridgehead atoms. The first-order chi connectivity index (χ1) is 10.1. The lowest BCUT2D eigenvalue weighted by Gasteiger charge is -2.04. The molecule has 0 aliphatic heterocycles. The molecule has 2 aromatic heterocycles. The van der Waals surface area contributed by atoms with E-state index in [1.165, 1.54) is 12.1 Å². The second-order valence-electron chi connectivity index (χ2n) is 4.35. The Balaban J connectivity index is 1.74. The predicted molar refractivity (Wildman–Crippen MR) is 81.5 cm³/mol. The molecule has 0 unspecified atom stereocenters. The summed E-state index contributed by atoms with van der Waals surface area (Å²) in [7, 11) is 0. The van der Waals surface area contributed by atoms with Gasteiger partial charge in [-0.15, -0.1) is 0 Å². The zero-order chi connectivity index (χ0) is 14.8. The average Bonchev–Trinajstić information content (AvgIpc) is 2.90. The lowest BCUT2D eigenvalue weighted by atomic mass is 10.3. The fraction of sp³-hybridized carbons (Fsp3) is 0.0714. The van der Waals surface area contributed by atoms with E-state index in [1.807, 2.05) is 24.3 Å². The summed E-state index contributed by atoms with van der Waals surface area (Å²) < 4.78 is 0. The molecule has 106 valence electrons. The number of nitrogens with one attached hydrogen (secondary N) is 2. The van der Waals surface area contributed by atoms with Crippen molar-refractivity contribution in [2.24, 2.45) is 0 Å². The Morgan fingerprint density at radius 2 is 1.95 bits per heavy atom. The Morgan fingerprint density at radius 1 is 1.14 bits per heavy atom. The number of aromatic amines is 1. The average molecular weight is 321 g/mol. The van der Waals surface area contributed by atoms with Gasteiger partial charge < -0.3 is 10.3 Å². The number of para-hydroxylation sites is 2. The standard InChI is InChI=1S/C14H10Cl2N4O/c15-8-5-6-11(16)20-13(8)14(21)17-7-12-18-9-3-1-2-4-10(9)19-12/h1-6H,7H2,(H,17,21)(H,18,19). The minimum atomic E-state index is -0.400. The topological polar surface area (TPSA) is 70.7 Å². The summed E-state index contributed by atoms with van der Waals surface area (Å²) in [5, 5.41) is 3.17. The molecule has 0 saturated heterocycles. The van der Waals surface area contributed by atoms with Crippen molar-refractivity contribution < 1.29 is 4.79 Å². The summed E-state index contributed by atoms with van der Waals surface area (Å²) >= 11 is 11.7. The normalized spacial score (nSPS) is 10.8. The smallest absolute Gasteiger partial charge is 0.271 e. The summed E-state index contributed by atoms with van der Waals surface area (Å²) in [5.41, 5.74) is 1.86. The Hall–Kier alpha value is -2.11. The third-order valence-corrected chi connectivity index (χ3v) is 3.40. The maximum Gasteiger partial charge on any atom is 0.271 e. The van der Waals surface area contributed by atoms with Gasteiger partial charge in [0.15, 0.2) is 0 Å². The maximum absolute atomic E-state index is 12.0. The van der Waals surface area contributed by atoms with E-state index in [-0.39, 0.29) is 22.4 Å². The van der Waals surface area contributed by atoms with Crippen LogP contribution in [0.15, 0.2) is 36.4 Å². The summed E-state index contributed by atoms with van der Waals surface area (Å²) in [4.78, 5) is 23.5. The van der Waals surface area contributed by atoms with Crippen LogP contribution in [0.25, 0.3) is 11.0 Å². The number of fused-ring (bicyclic) bond motifs is 1. The molecule has 1 aromatic carbocycles. The van der Waals surface area contributed by atoms with Crippen molar-refractivity contribution in [2.45, 2.75) is 6.54 Å². The first kappa shape index (κ1) is 13.9. The van der Waals surface area contributed by atoms with E-state index in [0.717, 1.165) is 11.0 Å². The molecule has 2 heterocycles. The van der Waals surface area contributed by atoms with Crippen LogP contribution in [0.1, 0.15) is 16.3 Å². The summed E-state index contributed by atoms with van der Waals surface area (Å²) in [6.07, 6.45) is 0. The Bertz CT molecular complexity index is 783. The molecule has 0 fully saturated rings. The van der Waals surface area contributed by atoms with Crippen LogP contribution in [0.5, 0.6) is 0 Å². The lowest BCUT2D eigenvalue weighted by Crippen LogP contribution is -2.24. The van der Waals surface area contributed by atoms with Crippen molar-refractivity contribution in [1.29, 1.82) is 0 Å². The van der Waals surface area contributed by atoms with E-state index in [0.29, 0.717) is 5.82 Å². The van der Waals surface area contributed by atoms with Gasteiger partial charge in [-0.2, -0.15) is 0 Å². The van der Waals surface area contributed by atoms with Crippen LogP contribution in [0.2, 0.25) is 10.2 Å². The van der Waals surface area contributed by atoms with Crippen molar-refractivity contribution in [3.63, 3.8) is 0 Å². The molecule has 3 rings (SSSR count). The zero-order valence-electron chi connectivity index (χ0n) is 10.7. The highest BCUT2D eigenvalue weighted by Crippen LogP contribution is 2.17. The van der Waals surface area contributed by atoms with Gasteiger partial charge in [-0.25, -0.2) is 9.97 Å². The number of pyridine rings is 1. The number of benzene rings is 1. The molecule has 0 saturated carbocycles. The van der Waals surface area contributed by atoms with Crippen LogP contribution in [-0.4, -0.2) is 20.9 Å². The molecule has 21 heavy (non-hydrogen) atoms. The van der Waals surface area contributed by atoms with Gasteiger partial charge in [0.25, 0.3) is 5.91 Å². The van der Waals surface area contributed by atoms with E-state index in [2.05, 4.69) is 20.3 Å². The molecule has 0 spiro atoms. The molecular weight excluding hydrogens is 311 g/mol. The number of aromatic nitrogens is 3. The van der Waals surface area contributed by atoms with E-state index in [9.17, 15) is 4.79 Å². The molecule has 0 aliphatic rings. The molecule has 3 aromatic rings. The molecule has 0 atom stereocenters. The molecular formula is C14H10Cl2N4O. The number of halogens is 2. The molecule has 0 aliphatic carbocycles. The predicted octanol–water partition coefficient (Wildman–Crippen LogP) is 3.19. The monoisotopic (exact) mass is 320 g/mol. The van der Waals surface area contributed by atoms with Gasteiger partial charge in [-0.05, 0) is 24.3 Å². The number of hydrogen-bond donors (Lipinski definition) is 2. The molecule has 7 heteroatoms. The highest BCUT2D eigenvalue weighted by Gasteiger charge is 2.13. The van der Waals surface area contributed by atoms with Crippen molar-refractivity contribution in [1.82, 2.24) is 20.3 Å². The van der Waals surface area contributed by atoms with Crippen molar-refractivity contribution >= 4 is 40.1 Å². The third kappa shape index (κ3) is 2.99. The Kier molecular flexibility index (Phi) is 3.77. The third-order valence-electron chi connectivity index (χ3n) is 2.88. The first-order valence-electron chi connectivity index (χ1n) is 6.17. The SMILES string of the molecule is O=C(NCc1nc2ccccc2[nH]1)c1nc(Cl)ccc1Cl. The van der Waals surface area contributed by atoms with Crippen molar-refractivity contribution in [3.8, 4) is 0 Å². The van der Waals surface area contributed by atoms with Crippen LogP contribution >= 0.6 is 23.2 Å². The van der Waals surface area contributed by atoms with Crippen LogP contribution in [0.3, 0.4) is 0 Å². The van der Waals surface area contributed by atoms with Gasteiger partial charge in [-0.1, -0.05) is 35.3 Å². The second-order valence-corrected chi connectivity index (χ2v) is 5.14. The first-order valence-corrected chi connectivity index (χ1v) is 6.93. The Morgan fingerprint density at radius 3 is 2.76 bits per heavy atom. The molecule has 0 radical (unpaired) electrons. The van der Waals surface area contributed by atoms with Gasteiger partial charge in [0.1, 0.15) is 16.7 Å². The summed E-state index contributed by atoms with van der Waals surface area (Å²) in [5.74, 6) is 0.255. The van der Waals surface area contributed by atoms with Crippen LogP contribution < -0.4 is 5.32 Å². The fourth-order valence-corrected chi connectivity index (χ4v) is 2.25. The Labute approximate surface area is 130 Å². The number of carbonyl (C=O) groups is 1. The van der Waals surface area contributed by atoms with Gasteiger partial charge in [0.05, 0.1) is 22.6 Å². The van der Waals surface area contributed by atoms with Gasteiger partial charge in [0.2, 0.25) is 0 Å². The minimum absolute atomic E-state index is 0.0975. The van der Waals surface area contributed by atoms with Gasteiger partial charge in [-0.3, -0.25) is 4.79 Å². The molecule has 5 nitrogen and oxygen atoms in total. The highest BCUT2D eigenvalue weighted by molar-refractivity contribution is 6.34. The summed E-state index contributed by atoms with van der Waals surface area (Å²) in [6, 6.07) is 10.7. The number of nitrogens with zero attached hydrogens (tertiary/aromatic N) is 2.